The molecule has 1 aromatic carbocycles. The van der Waals surface area contributed by atoms with Crippen molar-refractivity contribution in [1.29, 1.82) is 0 Å². The van der Waals surface area contributed by atoms with Crippen molar-refractivity contribution in [3.05, 3.63) is 28.8 Å². The topological polar surface area (TPSA) is 75.7 Å². The molecule has 1 aliphatic heterocycles. The Balaban J connectivity index is 1.78. The number of carbonyl (C=O) groups is 1. The molecule has 0 radical (unpaired) electrons. The Morgan fingerprint density at radius 3 is 2.54 bits per heavy atom. The SMILES string of the molecule is Cc1cc(C)c(OCCNC(=O)N(C)C2CCS(=O)(=O)C2)cc1C. The van der Waals surface area contributed by atoms with Gasteiger partial charge in [0.25, 0.3) is 0 Å². The molecule has 1 N–H and O–H groups in total. The second-order valence-electron chi connectivity index (χ2n) is 6.45. The van der Waals surface area contributed by atoms with E-state index in [1.807, 2.05) is 19.9 Å². The number of benzene rings is 1. The molecular formula is C17H26N2O4S. The smallest absolute Gasteiger partial charge is 0.317 e. The number of urea groups is 1. The van der Waals surface area contributed by atoms with Gasteiger partial charge in [0.15, 0.2) is 9.84 Å². The second kappa shape index (κ2) is 7.42. The van der Waals surface area contributed by atoms with E-state index in [0.717, 1.165) is 11.3 Å². The zero-order valence-corrected chi connectivity index (χ0v) is 15.6. The van der Waals surface area contributed by atoms with E-state index in [1.54, 1.807) is 7.05 Å². The molecule has 1 saturated heterocycles. The maximum Gasteiger partial charge on any atom is 0.317 e. The lowest BCUT2D eigenvalue weighted by atomic mass is 10.1. The molecule has 2 amide bonds. The highest BCUT2D eigenvalue weighted by Gasteiger charge is 2.32. The van der Waals surface area contributed by atoms with Crippen LogP contribution in [0.25, 0.3) is 0 Å². The third-order valence-electron chi connectivity index (χ3n) is 4.50. The van der Waals surface area contributed by atoms with Crippen molar-refractivity contribution in [3.63, 3.8) is 0 Å². The fourth-order valence-electron chi connectivity index (χ4n) is 2.78. The van der Waals surface area contributed by atoms with Crippen molar-refractivity contribution in [2.45, 2.75) is 33.2 Å². The summed E-state index contributed by atoms with van der Waals surface area (Å²) >= 11 is 0. The Bertz CT molecular complexity index is 716. The molecule has 7 heteroatoms. The largest absolute Gasteiger partial charge is 0.491 e. The summed E-state index contributed by atoms with van der Waals surface area (Å²) < 4.78 is 28.7. The Kier molecular flexibility index (Phi) is 5.74. The quantitative estimate of drug-likeness (QED) is 0.819. The third-order valence-corrected chi connectivity index (χ3v) is 6.25. The van der Waals surface area contributed by atoms with Crippen LogP contribution in [0.1, 0.15) is 23.1 Å². The van der Waals surface area contributed by atoms with Crippen molar-refractivity contribution in [1.82, 2.24) is 10.2 Å². The molecule has 0 aromatic heterocycles. The van der Waals surface area contributed by atoms with E-state index in [1.165, 1.54) is 16.0 Å². The summed E-state index contributed by atoms with van der Waals surface area (Å²) in [7, 11) is -1.36. The Morgan fingerprint density at radius 1 is 1.25 bits per heavy atom. The van der Waals surface area contributed by atoms with Gasteiger partial charge in [-0.25, -0.2) is 13.2 Å². The molecule has 1 aromatic rings. The summed E-state index contributed by atoms with van der Waals surface area (Å²) in [5.41, 5.74) is 3.46. The monoisotopic (exact) mass is 354 g/mol. The number of hydrogen-bond acceptors (Lipinski definition) is 4. The zero-order chi connectivity index (χ0) is 17.9. The van der Waals surface area contributed by atoms with E-state index in [2.05, 4.69) is 18.3 Å². The van der Waals surface area contributed by atoms with E-state index >= 15 is 0 Å². The molecule has 0 spiro atoms. The van der Waals surface area contributed by atoms with Gasteiger partial charge >= 0.3 is 6.03 Å². The molecule has 1 heterocycles. The average Bonchev–Trinajstić information content (AvgIpc) is 2.87. The summed E-state index contributed by atoms with van der Waals surface area (Å²) in [6.45, 7) is 6.83. The lowest BCUT2D eigenvalue weighted by Gasteiger charge is -2.23. The zero-order valence-electron chi connectivity index (χ0n) is 14.8. The van der Waals surface area contributed by atoms with Crippen molar-refractivity contribution in [2.24, 2.45) is 0 Å². The fraction of sp³-hybridized carbons (Fsp3) is 0.588. The number of ether oxygens (including phenoxy) is 1. The van der Waals surface area contributed by atoms with Crippen LogP contribution in [0.2, 0.25) is 0 Å². The number of hydrogen-bond donors (Lipinski definition) is 1. The van der Waals surface area contributed by atoms with Crippen LogP contribution in [0.5, 0.6) is 5.75 Å². The summed E-state index contributed by atoms with van der Waals surface area (Å²) in [5, 5.41) is 2.77. The normalized spacial score (nSPS) is 19.1. The molecule has 0 saturated carbocycles. The molecule has 1 unspecified atom stereocenters. The van der Waals surface area contributed by atoms with Crippen molar-refractivity contribution >= 4 is 15.9 Å². The minimum Gasteiger partial charge on any atom is -0.491 e. The highest BCUT2D eigenvalue weighted by molar-refractivity contribution is 7.91. The Labute approximate surface area is 144 Å². The van der Waals surface area contributed by atoms with Crippen LogP contribution in [0.4, 0.5) is 4.79 Å². The first-order valence-electron chi connectivity index (χ1n) is 8.11. The molecule has 0 bridgehead atoms. The fourth-order valence-corrected chi connectivity index (χ4v) is 4.55. The van der Waals surface area contributed by atoms with Crippen molar-refractivity contribution in [3.8, 4) is 5.75 Å². The van der Waals surface area contributed by atoms with Crippen LogP contribution in [-0.4, -0.2) is 57.1 Å². The molecule has 24 heavy (non-hydrogen) atoms. The molecule has 0 aliphatic carbocycles. The summed E-state index contributed by atoms with van der Waals surface area (Å²) in [6.07, 6.45) is 0.505. The molecule has 134 valence electrons. The van der Waals surface area contributed by atoms with Crippen LogP contribution in [0, 0.1) is 20.8 Å². The molecule has 1 atom stereocenters. The van der Waals surface area contributed by atoms with Crippen LogP contribution < -0.4 is 10.1 Å². The molecular weight excluding hydrogens is 328 g/mol. The lowest BCUT2D eigenvalue weighted by Crippen LogP contribution is -2.45. The number of nitrogens with one attached hydrogen (secondary N) is 1. The van der Waals surface area contributed by atoms with E-state index in [9.17, 15) is 13.2 Å². The van der Waals surface area contributed by atoms with Gasteiger partial charge in [0, 0.05) is 13.1 Å². The van der Waals surface area contributed by atoms with E-state index in [4.69, 9.17) is 4.74 Å². The minimum absolute atomic E-state index is 0.0509. The van der Waals surface area contributed by atoms with Gasteiger partial charge in [-0.15, -0.1) is 0 Å². The standard InChI is InChI=1S/C17H26N2O4S/c1-12-9-14(3)16(10-13(12)2)23-7-6-18-17(20)19(4)15-5-8-24(21,22)11-15/h9-10,15H,5-8,11H2,1-4H3,(H,18,20). The van der Waals surface area contributed by atoms with Gasteiger partial charge in [0.1, 0.15) is 12.4 Å². The van der Waals surface area contributed by atoms with Crippen LogP contribution in [0.3, 0.4) is 0 Å². The third kappa shape index (κ3) is 4.63. The number of amides is 2. The Hall–Kier alpha value is -1.76. The molecule has 2 rings (SSSR count). The maximum atomic E-state index is 12.1. The first-order chi connectivity index (χ1) is 11.2. The van der Waals surface area contributed by atoms with Crippen LogP contribution >= 0.6 is 0 Å². The lowest BCUT2D eigenvalue weighted by molar-refractivity contribution is 0.192. The van der Waals surface area contributed by atoms with E-state index < -0.39 is 9.84 Å². The first kappa shape index (κ1) is 18.6. The van der Waals surface area contributed by atoms with Gasteiger partial charge in [-0.1, -0.05) is 6.07 Å². The van der Waals surface area contributed by atoms with Crippen LogP contribution in [0.15, 0.2) is 12.1 Å². The number of rotatable bonds is 5. The Morgan fingerprint density at radius 2 is 1.92 bits per heavy atom. The van der Waals surface area contributed by atoms with Gasteiger partial charge in [0.2, 0.25) is 0 Å². The number of carbonyl (C=O) groups excluding carboxylic acids is 1. The highest BCUT2D eigenvalue weighted by atomic mass is 32.2. The number of aryl methyl sites for hydroxylation is 3. The summed E-state index contributed by atoms with van der Waals surface area (Å²) in [4.78, 5) is 13.6. The van der Waals surface area contributed by atoms with E-state index in [0.29, 0.717) is 19.6 Å². The van der Waals surface area contributed by atoms with Crippen molar-refractivity contribution in [2.75, 3.05) is 31.7 Å². The number of nitrogens with zero attached hydrogens (tertiary/aromatic N) is 1. The first-order valence-corrected chi connectivity index (χ1v) is 9.93. The highest BCUT2D eigenvalue weighted by Crippen LogP contribution is 2.22. The molecule has 1 fully saturated rings. The van der Waals surface area contributed by atoms with Gasteiger partial charge in [-0.3, -0.25) is 0 Å². The molecule has 1 aliphatic rings. The summed E-state index contributed by atoms with van der Waals surface area (Å²) in [6, 6.07) is 3.58. The molecule has 6 nitrogen and oxygen atoms in total. The van der Waals surface area contributed by atoms with Crippen molar-refractivity contribution < 1.29 is 17.9 Å². The van der Waals surface area contributed by atoms with Gasteiger partial charge in [-0.2, -0.15) is 0 Å². The van der Waals surface area contributed by atoms with Gasteiger partial charge < -0.3 is 15.0 Å². The average molecular weight is 354 g/mol. The predicted octanol–water partition coefficient (Wildman–Crippen LogP) is 1.82. The van der Waals surface area contributed by atoms with Gasteiger partial charge in [0.05, 0.1) is 18.1 Å². The van der Waals surface area contributed by atoms with Gasteiger partial charge in [-0.05, 0) is 49.9 Å². The van der Waals surface area contributed by atoms with Crippen LogP contribution in [-0.2, 0) is 9.84 Å². The predicted molar refractivity (Wildman–Crippen MR) is 94.4 cm³/mol. The number of sulfone groups is 1. The maximum absolute atomic E-state index is 12.1. The summed E-state index contributed by atoms with van der Waals surface area (Å²) in [5.74, 6) is 1.03. The second-order valence-corrected chi connectivity index (χ2v) is 8.68. The van der Waals surface area contributed by atoms with E-state index in [-0.39, 0.29) is 23.6 Å². The minimum atomic E-state index is -2.99.